The van der Waals surface area contributed by atoms with Crippen molar-refractivity contribution >= 4 is 11.9 Å². The molecule has 0 saturated heterocycles. The van der Waals surface area contributed by atoms with Gasteiger partial charge in [-0.25, -0.2) is 0 Å². The molecule has 0 aliphatic rings. The average molecular weight is 231 g/mol. The highest BCUT2D eigenvalue weighted by molar-refractivity contribution is 5.77. The molecule has 5 nitrogen and oxygen atoms in total. The lowest BCUT2D eigenvalue weighted by atomic mass is 9.96. The van der Waals surface area contributed by atoms with Gasteiger partial charge in [0.2, 0.25) is 5.91 Å². The molecule has 1 atom stereocenters. The maximum Gasteiger partial charge on any atom is 0.308 e. The fraction of sp³-hybridized carbons (Fsp3) is 0.818. The van der Waals surface area contributed by atoms with Crippen molar-refractivity contribution in [1.29, 1.82) is 0 Å². The van der Waals surface area contributed by atoms with Crippen molar-refractivity contribution in [3.05, 3.63) is 0 Å². The average Bonchev–Trinajstić information content (AvgIpc) is 2.17. The molecule has 0 saturated carbocycles. The summed E-state index contributed by atoms with van der Waals surface area (Å²) in [5.41, 5.74) is 0. The number of aliphatic carboxylic acids is 1. The van der Waals surface area contributed by atoms with Crippen LogP contribution in [-0.4, -0.2) is 37.2 Å². The van der Waals surface area contributed by atoms with Gasteiger partial charge in [-0.2, -0.15) is 0 Å². The van der Waals surface area contributed by atoms with Crippen LogP contribution in [0.5, 0.6) is 0 Å². The van der Waals surface area contributed by atoms with E-state index in [0.29, 0.717) is 19.4 Å². The molecule has 1 unspecified atom stereocenters. The Balaban J connectivity index is 3.83. The SMILES string of the molecule is COCCCC(=O)NCC(C(=O)O)C(C)C. The molecular weight excluding hydrogens is 210 g/mol. The number of nitrogens with one attached hydrogen (secondary N) is 1. The van der Waals surface area contributed by atoms with Crippen molar-refractivity contribution in [2.75, 3.05) is 20.3 Å². The molecule has 0 radical (unpaired) electrons. The molecule has 0 aliphatic carbocycles. The van der Waals surface area contributed by atoms with Crippen LogP contribution in [0.15, 0.2) is 0 Å². The number of ether oxygens (including phenoxy) is 1. The molecule has 0 aromatic heterocycles. The molecule has 0 rings (SSSR count). The summed E-state index contributed by atoms with van der Waals surface area (Å²) in [6, 6.07) is 0. The van der Waals surface area contributed by atoms with Gasteiger partial charge in [0.05, 0.1) is 5.92 Å². The van der Waals surface area contributed by atoms with Gasteiger partial charge < -0.3 is 15.2 Å². The smallest absolute Gasteiger partial charge is 0.308 e. The Bertz CT molecular complexity index is 228. The highest BCUT2D eigenvalue weighted by Gasteiger charge is 2.21. The van der Waals surface area contributed by atoms with Crippen molar-refractivity contribution in [3.63, 3.8) is 0 Å². The van der Waals surface area contributed by atoms with E-state index < -0.39 is 11.9 Å². The minimum Gasteiger partial charge on any atom is -0.481 e. The lowest BCUT2D eigenvalue weighted by Gasteiger charge is -2.16. The van der Waals surface area contributed by atoms with Crippen molar-refractivity contribution in [3.8, 4) is 0 Å². The Labute approximate surface area is 96.2 Å². The van der Waals surface area contributed by atoms with Gasteiger partial charge in [0.1, 0.15) is 0 Å². The first-order valence-corrected chi connectivity index (χ1v) is 5.47. The molecule has 1 amide bonds. The third-order valence-corrected chi connectivity index (χ3v) is 2.39. The normalized spacial score (nSPS) is 12.5. The predicted octanol–water partition coefficient (Wildman–Crippen LogP) is 0.886. The van der Waals surface area contributed by atoms with E-state index in [4.69, 9.17) is 9.84 Å². The van der Waals surface area contributed by atoms with Crippen LogP contribution in [-0.2, 0) is 14.3 Å². The summed E-state index contributed by atoms with van der Waals surface area (Å²) in [5.74, 6) is -1.50. The third kappa shape index (κ3) is 6.40. The van der Waals surface area contributed by atoms with Gasteiger partial charge in [-0.1, -0.05) is 13.8 Å². The number of hydrogen-bond donors (Lipinski definition) is 2. The molecule has 0 aromatic carbocycles. The van der Waals surface area contributed by atoms with Crippen molar-refractivity contribution in [2.45, 2.75) is 26.7 Å². The maximum atomic E-state index is 11.3. The monoisotopic (exact) mass is 231 g/mol. The first-order chi connectivity index (χ1) is 7.49. The van der Waals surface area contributed by atoms with E-state index in [2.05, 4.69) is 5.32 Å². The quantitative estimate of drug-likeness (QED) is 0.608. The summed E-state index contributed by atoms with van der Waals surface area (Å²) in [5, 5.41) is 11.5. The van der Waals surface area contributed by atoms with E-state index in [1.807, 2.05) is 13.8 Å². The van der Waals surface area contributed by atoms with E-state index in [-0.39, 0.29) is 18.4 Å². The van der Waals surface area contributed by atoms with Gasteiger partial charge in [0, 0.05) is 26.7 Å². The van der Waals surface area contributed by atoms with E-state index >= 15 is 0 Å². The Hall–Kier alpha value is -1.10. The van der Waals surface area contributed by atoms with Crippen LogP contribution in [0.4, 0.5) is 0 Å². The van der Waals surface area contributed by atoms with Gasteiger partial charge in [-0.05, 0) is 12.3 Å². The molecular formula is C11H21NO4. The van der Waals surface area contributed by atoms with Crippen LogP contribution >= 0.6 is 0 Å². The van der Waals surface area contributed by atoms with Crippen LogP contribution in [0.3, 0.4) is 0 Å². The van der Waals surface area contributed by atoms with E-state index in [1.54, 1.807) is 7.11 Å². The fourth-order valence-corrected chi connectivity index (χ4v) is 1.30. The zero-order chi connectivity index (χ0) is 12.6. The second kappa shape index (κ2) is 8.10. The second-order valence-corrected chi connectivity index (χ2v) is 4.09. The molecule has 0 aliphatic heterocycles. The minimum atomic E-state index is -0.868. The number of carboxylic acid groups (broad SMARTS) is 1. The maximum absolute atomic E-state index is 11.3. The minimum absolute atomic E-state index is 0.0109. The lowest BCUT2D eigenvalue weighted by molar-refractivity contribution is -0.143. The molecule has 0 spiro atoms. The summed E-state index contributed by atoms with van der Waals surface area (Å²) in [7, 11) is 1.58. The summed E-state index contributed by atoms with van der Waals surface area (Å²) in [4.78, 5) is 22.2. The third-order valence-electron chi connectivity index (χ3n) is 2.39. The van der Waals surface area contributed by atoms with Gasteiger partial charge in [0.25, 0.3) is 0 Å². The zero-order valence-electron chi connectivity index (χ0n) is 10.2. The van der Waals surface area contributed by atoms with Crippen molar-refractivity contribution in [1.82, 2.24) is 5.32 Å². The first kappa shape index (κ1) is 14.9. The van der Waals surface area contributed by atoms with Gasteiger partial charge >= 0.3 is 5.97 Å². The van der Waals surface area contributed by atoms with Gasteiger partial charge in [-0.3, -0.25) is 9.59 Å². The van der Waals surface area contributed by atoms with Gasteiger partial charge in [-0.15, -0.1) is 0 Å². The summed E-state index contributed by atoms with van der Waals surface area (Å²) in [6.45, 7) is 4.39. The van der Waals surface area contributed by atoms with Crippen molar-refractivity contribution < 1.29 is 19.4 Å². The summed E-state index contributed by atoms with van der Waals surface area (Å²) >= 11 is 0. The standard InChI is InChI=1S/C11H21NO4/c1-8(2)9(11(14)15)7-12-10(13)5-4-6-16-3/h8-9H,4-7H2,1-3H3,(H,12,13)(H,14,15). The summed E-state index contributed by atoms with van der Waals surface area (Å²) < 4.78 is 4.82. The number of carboxylic acids is 1. The Morgan fingerprint density at radius 3 is 2.44 bits per heavy atom. The number of amides is 1. The molecule has 0 fully saturated rings. The molecule has 0 aromatic rings. The Morgan fingerprint density at radius 1 is 1.38 bits per heavy atom. The number of carbonyl (C=O) groups is 2. The largest absolute Gasteiger partial charge is 0.481 e. The molecule has 0 bridgehead atoms. The number of hydrogen-bond acceptors (Lipinski definition) is 3. The van der Waals surface area contributed by atoms with E-state index in [1.165, 1.54) is 0 Å². The first-order valence-electron chi connectivity index (χ1n) is 5.47. The van der Waals surface area contributed by atoms with Crippen molar-refractivity contribution in [2.24, 2.45) is 11.8 Å². The van der Waals surface area contributed by atoms with Crippen LogP contribution < -0.4 is 5.32 Å². The topological polar surface area (TPSA) is 75.6 Å². The second-order valence-electron chi connectivity index (χ2n) is 4.09. The van der Waals surface area contributed by atoms with Crippen LogP contribution in [0.1, 0.15) is 26.7 Å². The number of rotatable bonds is 8. The van der Waals surface area contributed by atoms with Gasteiger partial charge in [0.15, 0.2) is 0 Å². The lowest BCUT2D eigenvalue weighted by Crippen LogP contribution is -2.35. The zero-order valence-corrected chi connectivity index (χ0v) is 10.2. The Morgan fingerprint density at radius 2 is 2.00 bits per heavy atom. The molecule has 0 heterocycles. The Kier molecular flexibility index (Phi) is 7.54. The van der Waals surface area contributed by atoms with Crippen LogP contribution in [0.2, 0.25) is 0 Å². The molecule has 2 N–H and O–H groups in total. The predicted molar refractivity (Wildman–Crippen MR) is 60.1 cm³/mol. The molecule has 94 valence electrons. The number of methoxy groups -OCH3 is 1. The van der Waals surface area contributed by atoms with Crippen LogP contribution in [0.25, 0.3) is 0 Å². The highest BCUT2D eigenvalue weighted by Crippen LogP contribution is 2.09. The molecule has 5 heteroatoms. The highest BCUT2D eigenvalue weighted by atomic mass is 16.5. The number of carbonyl (C=O) groups excluding carboxylic acids is 1. The fourth-order valence-electron chi connectivity index (χ4n) is 1.30. The molecule has 16 heavy (non-hydrogen) atoms. The van der Waals surface area contributed by atoms with Crippen LogP contribution in [0, 0.1) is 11.8 Å². The van der Waals surface area contributed by atoms with E-state index in [0.717, 1.165) is 0 Å². The van der Waals surface area contributed by atoms with E-state index in [9.17, 15) is 9.59 Å². The summed E-state index contributed by atoms with van der Waals surface area (Å²) in [6.07, 6.45) is 1.03.